The van der Waals surface area contributed by atoms with Gasteiger partial charge in [0, 0.05) is 6.07 Å². The number of carboxylic acid groups (broad SMARTS) is 1. The van der Waals surface area contributed by atoms with Gasteiger partial charge in [0.1, 0.15) is 10.4 Å². The molecule has 10 heteroatoms. The Kier molecular flexibility index (Phi) is 4.66. The molecule has 0 fully saturated rings. The molecule has 0 unspecified atom stereocenters. The van der Waals surface area contributed by atoms with E-state index >= 15 is 0 Å². The summed E-state index contributed by atoms with van der Waals surface area (Å²) >= 11 is 2.56. The van der Waals surface area contributed by atoms with Crippen LogP contribution in [0.3, 0.4) is 0 Å². The van der Waals surface area contributed by atoms with Crippen molar-refractivity contribution in [2.24, 2.45) is 0 Å². The molecule has 0 aliphatic rings. The lowest BCUT2D eigenvalue weighted by Crippen LogP contribution is -2.19. The molecule has 0 saturated carbocycles. The van der Waals surface area contributed by atoms with Gasteiger partial charge in [0.15, 0.2) is 0 Å². The predicted molar refractivity (Wildman–Crippen MR) is 54.9 cm³/mol. The van der Waals surface area contributed by atoms with E-state index in [2.05, 4.69) is 25.7 Å². The summed E-state index contributed by atoms with van der Waals surface area (Å²) in [7, 11) is 0. The molecular formula is C9H5BrF5NO3. The maximum atomic E-state index is 12.6. The number of carbonyl (C=O) groups is 1. The van der Waals surface area contributed by atoms with Crippen molar-refractivity contribution in [3.63, 3.8) is 0 Å². The first-order valence-electron chi connectivity index (χ1n) is 4.55. The number of aliphatic carboxylic acids is 1. The third-order valence-electron chi connectivity index (χ3n) is 1.80. The molecule has 0 amide bonds. The standard InChI is InChI=1S/C9H5BrF5NO3/c10-7-6(8(11)12)4(19-9(13,14)15)1-3(16-7)2-5(17)18/h1,8H,2H2,(H,17,18). The highest BCUT2D eigenvalue weighted by molar-refractivity contribution is 9.10. The summed E-state index contributed by atoms with van der Waals surface area (Å²) in [5, 5.41) is 8.49. The molecule has 4 nitrogen and oxygen atoms in total. The SMILES string of the molecule is O=C(O)Cc1cc(OC(F)(F)F)c(C(F)F)c(Br)n1. The van der Waals surface area contributed by atoms with Gasteiger partial charge < -0.3 is 9.84 Å². The Morgan fingerprint density at radius 2 is 2.05 bits per heavy atom. The Morgan fingerprint density at radius 3 is 2.47 bits per heavy atom. The Morgan fingerprint density at radius 1 is 1.47 bits per heavy atom. The zero-order chi connectivity index (χ0) is 14.8. The van der Waals surface area contributed by atoms with E-state index in [1.165, 1.54) is 0 Å². The van der Waals surface area contributed by atoms with Gasteiger partial charge in [-0.05, 0) is 15.9 Å². The van der Waals surface area contributed by atoms with E-state index in [4.69, 9.17) is 5.11 Å². The minimum absolute atomic E-state index is 0.344. The van der Waals surface area contributed by atoms with Gasteiger partial charge in [-0.25, -0.2) is 13.8 Å². The van der Waals surface area contributed by atoms with Crippen LogP contribution >= 0.6 is 15.9 Å². The molecule has 1 rings (SSSR count). The van der Waals surface area contributed by atoms with Gasteiger partial charge in [-0.3, -0.25) is 4.79 Å². The first kappa shape index (κ1) is 15.6. The molecule has 1 heterocycles. The van der Waals surface area contributed by atoms with Gasteiger partial charge in [-0.15, -0.1) is 13.2 Å². The Balaban J connectivity index is 3.28. The molecule has 0 radical (unpaired) electrons. The number of hydrogen-bond acceptors (Lipinski definition) is 3. The van der Waals surface area contributed by atoms with Crippen molar-refractivity contribution in [2.75, 3.05) is 0 Å². The van der Waals surface area contributed by atoms with Crippen molar-refractivity contribution in [1.82, 2.24) is 4.98 Å². The van der Waals surface area contributed by atoms with Crippen molar-refractivity contribution >= 4 is 21.9 Å². The third-order valence-corrected chi connectivity index (χ3v) is 2.41. The largest absolute Gasteiger partial charge is 0.573 e. The van der Waals surface area contributed by atoms with Gasteiger partial charge in [0.05, 0.1) is 17.7 Å². The monoisotopic (exact) mass is 349 g/mol. The lowest BCUT2D eigenvalue weighted by Gasteiger charge is -2.14. The van der Waals surface area contributed by atoms with E-state index in [1.807, 2.05) is 0 Å². The Bertz CT molecular complexity index is 491. The lowest BCUT2D eigenvalue weighted by atomic mass is 10.2. The highest BCUT2D eigenvalue weighted by Gasteiger charge is 2.34. The average molecular weight is 350 g/mol. The summed E-state index contributed by atoms with van der Waals surface area (Å²) in [6.07, 6.45) is -9.17. The van der Waals surface area contributed by atoms with Crippen LogP contribution in [0, 0.1) is 0 Å². The molecule has 106 valence electrons. The van der Waals surface area contributed by atoms with Crippen LogP contribution in [0.25, 0.3) is 0 Å². The number of hydrogen-bond donors (Lipinski definition) is 1. The number of ether oxygens (including phenoxy) is 1. The number of pyridine rings is 1. The number of carboxylic acids is 1. The first-order valence-corrected chi connectivity index (χ1v) is 5.34. The molecule has 0 spiro atoms. The Labute approximate surface area is 111 Å². The molecule has 19 heavy (non-hydrogen) atoms. The average Bonchev–Trinajstić information content (AvgIpc) is 2.10. The summed E-state index contributed by atoms with van der Waals surface area (Å²) in [5.74, 6) is -2.55. The Hall–Kier alpha value is -1.45. The zero-order valence-electron chi connectivity index (χ0n) is 8.84. The number of alkyl halides is 5. The minimum atomic E-state index is -5.18. The highest BCUT2D eigenvalue weighted by Crippen LogP contribution is 2.37. The van der Waals surface area contributed by atoms with E-state index in [0.29, 0.717) is 6.07 Å². The van der Waals surface area contributed by atoms with E-state index in [-0.39, 0.29) is 5.69 Å². The van der Waals surface area contributed by atoms with Crippen LogP contribution in [-0.2, 0) is 11.2 Å². The molecule has 0 atom stereocenters. The molecule has 1 aromatic heterocycles. The van der Waals surface area contributed by atoms with Crippen LogP contribution in [0.1, 0.15) is 17.7 Å². The quantitative estimate of drug-likeness (QED) is 0.669. The zero-order valence-corrected chi connectivity index (χ0v) is 10.4. The van der Waals surface area contributed by atoms with E-state index < -0.39 is 41.1 Å². The number of aromatic nitrogens is 1. The normalized spacial score (nSPS) is 11.7. The molecule has 0 aliphatic carbocycles. The topological polar surface area (TPSA) is 59.4 Å². The van der Waals surface area contributed by atoms with Crippen molar-refractivity contribution < 1.29 is 36.6 Å². The van der Waals surface area contributed by atoms with Gasteiger partial charge in [0.25, 0.3) is 6.43 Å². The van der Waals surface area contributed by atoms with Crippen molar-refractivity contribution in [3.05, 3.63) is 21.9 Å². The van der Waals surface area contributed by atoms with E-state index in [9.17, 15) is 26.7 Å². The van der Waals surface area contributed by atoms with Crippen LogP contribution in [0.5, 0.6) is 5.75 Å². The van der Waals surface area contributed by atoms with Crippen molar-refractivity contribution in [3.8, 4) is 5.75 Å². The fraction of sp³-hybridized carbons (Fsp3) is 0.333. The second-order valence-corrected chi connectivity index (χ2v) is 3.99. The summed E-state index contributed by atoms with van der Waals surface area (Å²) in [4.78, 5) is 13.9. The first-order chi connectivity index (χ1) is 8.60. The summed E-state index contributed by atoms with van der Waals surface area (Å²) < 4.78 is 64.4. The van der Waals surface area contributed by atoms with Gasteiger partial charge in [-0.2, -0.15) is 0 Å². The second-order valence-electron chi connectivity index (χ2n) is 3.24. The molecule has 1 aromatic rings. The third kappa shape index (κ3) is 4.62. The molecule has 0 saturated heterocycles. The van der Waals surface area contributed by atoms with Crippen LogP contribution in [-0.4, -0.2) is 22.4 Å². The molecule has 1 N–H and O–H groups in total. The summed E-state index contributed by atoms with van der Waals surface area (Å²) in [5.41, 5.74) is -1.44. The fourth-order valence-electron chi connectivity index (χ4n) is 1.20. The predicted octanol–water partition coefficient (Wildman–Crippen LogP) is 3.31. The summed E-state index contributed by atoms with van der Waals surface area (Å²) in [6.45, 7) is 0. The van der Waals surface area contributed by atoms with Crippen molar-refractivity contribution in [2.45, 2.75) is 19.2 Å². The van der Waals surface area contributed by atoms with Crippen LogP contribution in [0.15, 0.2) is 10.7 Å². The maximum Gasteiger partial charge on any atom is 0.573 e. The summed E-state index contributed by atoms with van der Waals surface area (Å²) in [6, 6.07) is 0.522. The van der Waals surface area contributed by atoms with Crippen LogP contribution < -0.4 is 4.74 Å². The molecular weight excluding hydrogens is 345 g/mol. The molecule has 0 bridgehead atoms. The molecule has 0 aromatic carbocycles. The maximum absolute atomic E-state index is 12.6. The number of rotatable bonds is 4. The fourth-order valence-corrected chi connectivity index (χ4v) is 1.80. The second kappa shape index (κ2) is 5.68. The van der Waals surface area contributed by atoms with Crippen LogP contribution in [0.4, 0.5) is 22.0 Å². The lowest BCUT2D eigenvalue weighted by molar-refractivity contribution is -0.275. The van der Waals surface area contributed by atoms with Crippen molar-refractivity contribution in [1.29, 1.82) is 0 Å². The van der Waals surface area contributed by atoms with Crippen LogP contribution in [0.2, 0.25) is 0 Å². The molecule has 0 aliphatic heterocycles. The van der Waals surface area contributed by atoms with Gasteiger partial charge in [0.2, 0.25) is 0 Å². The number of nitrogens with zero attached hydrogens (tertiary/aromatic N) is 1. The smallest absolute Gasteiger partial charge is 0.481 e. The van der Waals surface area contributed by atoms with Gasteiger partial charge >= 0.3 is 12.3 Å². The van der Waals surface area contributed by atoms with E-state index in [1.54, 1.807) is 0 Å². The number of halogens is 6. The van der Waals surface area contributed by atoms with E-state index in [0.717, 1.165) is 0 Å². The minimum Gasteiger partial charge on any atom is -0.481 e. The highest BCUT2D eigenvalue weighted by atomic mass is 79.9. The van der Waals surface area contributed by atoms with Gasteiger partial charge in [-0.1, -0.05) is 0 Å².